The number of thiol groups is 1. The Morgan fingerprint density at radius 3 is 2.21 bits per heavy atom. The number of hydrogen-bond acceptors (Lipinski definition) is 4. The summed E-state index contributed by atoms with van der Waals surface area (Å²) in [7, 11) is 0. The minimum atomic E-state index is -0.281. The fourth-order valence-corrected chi connectivity index (χ4v) is 9.73. The average Bonchev–Trinajstić information content (AvgIpc) is 3.50. The zero-order chi connectivity index (χ0) is 30.3. The van der Waals surface area contributed by atoms with Gasteiger partial charge in [-0.2, -0.15) is 0 Å². The van der Waals surface area contributed by atoms with E-state index in [1.807, 2.05) is 35.6 Å². The maximum Gasteiger partial charge on any atom is 0.230 e. The largest absolute Gasteiger partial charge is 0.325 e. The van der Waals surface area contributed by atoms with Gasteiger partial charge in [-0.1, -0.05) is 103 Å². The third-order valence-electron chi connectivity index (χ3n) is 11.1. The lowest BCUT2D eigenvalue weighted by Crippen LogP contribution is -2.39. The summed E-state index contributed by atoms with van der Waals surface area (Å²) in [5.74, 6) is 1.51. The van der Waals surface area contributed by atoms with Crippen LogP contribution in [-0.4, -0.2) is 10.9 Å². The molecule has 0 aliphatic heterocycles. The predicted octanol–water partition coefficient (Wildman–Crippen LogP) is 11.6. The van der Waals surface area contributed by atoms with Gasteiger partial charge in [-0.05, 0) is 87.0 Å². The lowest BCUT2D eigenvalue weighted by molar-refractivity contribution is -0.128. The first-order chi connectivity index (χ1) is 20.9. The smallest absolute Gasteiger partial charge is 0.230 e. The summed E-state index contributed by atoms with van der Waals surface area (Å²) in [5, 5.41) is 4.70. The Labute approximate surface area is 270 Å². The zero-order valence-electron chi connectivity index (χ0n) is 26.9. The lowest BCUT2D eigenvalue weighted by atomic mass is 9.67. The number of fused-ring (bicyclic) bond motifs is 1. The van der Waals surface area contributed by atoms with Crippen molar-refractivity contribution in [2.75, 3.05) is 5.32 Å². The summed E-state index contributed by atoms with van der Waals surface area (Å²) in [6, 6.07) is 14.7. The number of anilines is 1. The second kappa shape index (κ2) is 15.0. The Bertz CT molecular complexity index is 1330. The number of amides is 1. The highest BCUT2D eigenvalue weighted by molar-refractivity contribution is 7.80. The van der Waals surface area contributed by atoms with Crippen LogP contribution in [0.5, 0.6) is 0 Å². The van der Waals surface area contributed by atoms with E-state index in [0.29, 0.717) is 5.92 Å². The van der Waals surface area contributed by atoms with E-state index < -0.39 is 0 Å². The van der Waals surface area contributed by atoms with E-state index in [4.69, 9.17) is 4.98 Å². The predicted molar refractivity (Wildman–Crippen MR) is 188 cm³/mol. The number of aryl methyl sites for hydroxylation is 1. The molecule has 2 saturated carbocycles. The van der Waals surface area contributed by atoms with Gasteiger partial charge in [0.1, 0.15) is 5.01 Å². The van der Waals surface area contributed by atoms with E-state index in [1.54, 1.807) is 0 Å². The van der Waals surface area contributed by atoms with E-state index in [2.05, 4.69) is 56.9 Å². The molecule has 2 aromatic carbocycles. The fourth-order valence-electron chi connectivity index (χ4n) is 8.25. The number of carbonyl (C=O) groups excluding carboxylic acids is 1. The molecule has 1 unspecified atom stereocenters. The molecule has 1 aromatic heterocycles. The van der Waals surface area contributed by atoms with Crippen molar-refractivity contribution in [1.82, 2.24) is 4.98 Å². The van der Waals surface area contributed by atoms with Gasteiger partial charge in [0.05, 0.1) is 15.9 Å². The molecular formula is C38H54N2OS2. The van der Waals surface area contributed by atoms with Crippen LogP contribution in [0.3, 0.4) is 0 Å². The highest BCUT2D eigenvalue weighted by Gasteiger charge is 2.41. The van der Waals surface area contributed by atoms with Crippen LogP contribution < -0.4 is 5.32 Å². The van der Waals surface area contributed by atoms with E-state index in [9.17, 15) is 4.79 Å². The first kappa shape index (κ1) is 32.5. The number of hydrogen-bond donors (Lipinski definition) is 2. The van der Waals surface area contributed by atoms with Crippen LogP contribution in [0.2, 0.25) is 0 Å². The van der Waals surface area contributed by atoms with Crippen molar-refractivity contribution in [1.29, 1.82) is 0 Å². The molecule has 3 nitrogen and oxygen atoms in total. The van der Waals surface area contributed by atoms with E-state index in [1.165, 1.54) is 78.6 Å². The highest BCUT2D eigenvalue weighted by Crippen LogP contribution is 2.48. The van der Waals surface area contributed by atoms with Crippen LogP contribution in [0.1, 0.15) is 134 Å². The summed E-state index contributed by atoms with van der Waals surface area (Å²) in [5.41, 5.74) is 3.48. The number of nitrogens with zero attached hydrogens (tertiary/aromatic N) is 1. The Hall–Kier alpha value is -1.85. The molecule has 1 heterocycles. The summed E-state index contributed by atoms with van der Waals surface area (Å²) in [4.78, 5) is 20.2. The van der Waals surface area contributed by atoms with Crippen LogP contribution in [0.25, 0.3) is 10.2 Å². The highest BCUT2D eigenvalue weighted by atomic mass is 32.1. The number of aromatic nitrogens is 1. The molecule has 1 N–H and O–H groups in total. The molecule has 234 valence electrons. The number of carbonyl (C=O) groups is 1. The Balaban J connectivity index is 1.33. The molecule has 2 aliphatic rings. The first-order valence-corrected chi connectivity index (χ1v) is 18.7. The molecule has 5 rings (SSSR count). The monoisotopic (exact) mass is 618 g/mol. The van der Waals surface area contributed by atoms with Gasteiger partial charge in [0.2, 0.25) is 5.91 Å². The Morgan fingerprint density at radius 1 is 0.860 bits per heavy atom. The average molecular weight is 619 g/mol. The number of benzene rings is 2. The topological polar surface area (TPSA) is 42.0 Å². The number of para-hydroxylation sites is 2. The normalized spacial score (nSPS) is 19.0. The third kappa shape index (κ3) is 7.52. The molecule has 5 heteroatoms. The molecule has 0 spiro atoms. The lowest BCUT2D eigenvalue weighted by Gasteiger charge is -2.38. The van der Waals surface area contributed by atoms with Gasteiger partial charge in [0.15, 0.2) is 0 Å². The minimum Gasteiger partial charge on any atom is -0.325 e. The second-order valence-electron chi connectivity index (χ2n) is 13.8. The molecule has 43 heavy (non-hydrogen) atoms. The maximum atomic E-state index is 13.9. The third-order valence-corrected chi connectivity index (χ3v) is 12.8. The standard InChI is InChI=1S/C38H54N2OS2/c1-4-28(5-2)26-38(24-13-8-14-25-38)36-40-34-30(16-15-19-33(34)43-36)21-20-29(6-3)27-37(22-11-7-12-23-37)35(41)39-31-17-9-10-18-32(31)42/h9-10,15-19,28-29,42H,4-8,11-14,20-27H2,1-3H3,(H,39,41). The van der Waals surface area contributed by atoms with Gasteiger partial charge in [-0.15, -0.1) is 24.0 Å². The Morgan fingerprint density at radius 2 is 1.53 bits per heavy atom. The summed E-state index contributed by atoms with van der Waals surface area (Å²) >= 11 is 6.59. The van der Waals surface area contributed by atoms with Crippen molar-refractivity contribution in [3.8, 4) is 0 Å². The summed E-state index contributed by atoms with van der Waals surface area (Å²) in [6.45, 7) is 7.05. The second-order valence-corrected chi connectivity index (χ2v) is 15.4. The van der Waals surface area contributed by atoms with Crippen LogP contribution >= 0.6 is 24.0 Å². The quantitative estimate of drug-likeness (QED) is 0.187. The zero-order valence-corrected chi connectivity index (χ0v) is 28.6. The SMILES string of the molecule is CCC(CCc1cccc2sc(C3(CC(CC)CC)CCCCC3)nc12)CC1(C(=O)Nc2ccccc2S)CCCCC1. The molecular weight excluding hydrogens is 565 g/mol. The molecule has 2 aliphatic carbocycles. The van der Waals surface area contributed by atoms with Crippen molar-refractivity contribution in [3.05, 3.63) is 53.0 Å². The van der Waals surface area contributed by atoms with Crippen LogP contribution in [0, 0.1) is 17.3 Å². The van der Waals surface area contributed by atoms with Gasteiger partial charge < -0.3 is 5.32 Å². The molecule has 3 aromatic rings. The number of thiazole rings is 1. The Kier molecular flexibility index (Phi) is 11.3. The van der Waals surface area contributed by atoms with Crippen molar-refractivity contribution in [2.45, 2.75) is 140 Å². The van der Waals surface area contributed by atoms with Gasteiger partial charge >= 0.3 is 0 Å². The number of rotatable bonds is 13. The van der Waals surface area contributed by atoms with Crippen LogP contribution in [0.15, 0.2) is 47.4 Å². The molecule has 0 saturated heterocycles. The van der Waals surface area contributed by atoms with Crippen molar-refractivity contribution < 1.29 is 4.79 Å². The summed E-state index contributed by atoms with van der Waals surface area (Å²) < 4.78 is 1.36. The fraction of sp³-hybridized carbons (Fsp3) is 0.632. The van der Waals surface area contributed by atoms with Gasteiger partial charge in [0.25, 0.3) is 0 Å². The van der Waals surface area contributed by atoms with E-state index in [0.717, 1.165) is 67.9 Å². The van der Waals surface area contributed by atoms with Gasteiger partial charge in [-0.25, -0.2) is 4.98 Å². The molecule has 1 atom stereocenters. The van der Waals surface area contributed by atoms with E-state index >= 15 is 0 Å². The number of nitrogens with one attached hydrogen (secondary N) is 1. The van der Waals surface area contributed by atoms with Crippen molar-refractivity contribution in [3.63, 3.8) is 0 Å². The molecule has 0 radical (unpaired) electrons. The van der Waals surface area contributed by atoms with E-state index in [-0.39, 0.29) is 16.7 Å². The molecule has 0 bridgehead atoms. The molecule has 1 amide bonds. The van der Waals surface area contributed by atoms with Crippen LogP contribution in [-0.2, 0) is 16.6 Å². The minimum absolute atomic E-state index is 0.202. The first-order valence-electron chi connectivity index (χ1n) is 17.4. The van der Waals surface area contributed by atoms with Crippen LogP contribution in [0.4, 0.5) is 5.69 Å². The van der Waals surface area contributed by atoms with Crippen molar-refractivity contribution in [2.24, 2.45) is 17.3 Å². The summed E-state index contributed by atoms with van der Waals surface area (Å²) in [6.07, 6.45) is 20.3. The maximum absolute atomic E-state index is 13.9. The van der Waals surface area contributed by atoms with Gasteiger partial charge in [0, 0.05) is 15.7 Å². The van der Waals surface area contributed by atoms with Crippen molar-refractivity contribution >= 4 is 45.8 Å². The molecule has 2 fully saturated rings. The van der Waals surface area contributed by atoms with Gasteiger partial charge in [-0.3, -0.25) is 4.79 Å².